The number of carbonyl (C=O) groups is 1. The molecule has 3 atom stereocenters. The van der Waals surface area contributed by atoms with Crippen molar-refractivity contribution in [2.45, 2.75) is 18.3 Å². The van der Waals surface area contributed by atoms with E-state index in [0.29, 0.717) is 0 Å². The van der Waals surface area contributed by atoms with Crippen LogP contribution in [0.5, 0.6) is 0 Å². The molecule has 0 saturated heterocycles. The lowest BCUT2D eigenvalue weighted by atomic mass is 10.1. The SMILES string of the molecule is O=C[C@H](OP(=O)(O)O)[C@@H](O)[C@H](O)CO. The van der Waals surface area contributed by atoms with Crippen LogP contribution in [0, 0.1) is 0 Å². The Morgan fingerprint density at radius 3 is 2.14 bits per heavy atom. The van der Waals surface area contributed by atoms with Crippen molar-refractivity contribution in [2.24, 2.45) is 0 Å². The average molecular weight is 230 g/mol. The Labute approximate surface area is 79.0 Å². The van der Waals surface area contributed by atoms with E-state index in [9.17, 15) is 9.36 Å². The summed E-state index contributed by atoms with van der Waals surface area (Å²) in [6.07, 6.45) is -5.58. The molecule has 0 aliphatic carbocycles. The number of hydrogen-bond acceptors (Lipinski definition) is 6. The van der Waals surface area contributed by atoms with Gasteiger partial charge in [0.2, 0.25) is 0 Å². The normalized spacial score (nSPS) is 18.6. The molecule has 0 rings (SSSR count). The molecule has 8 nitrogen and oxygen atoms in total. The zero-order chi connectivity index (χ0) is 11.4. The Hall–Kier alpha value is -0.340. The van der Waals surface area contributed by atoms with Crippen LogP contribution in [0.2, 0.25) is 0 Å². The maximum atomic E-state index is 10.3. The molecule has 0 aromatic rings. The molecule has 5 N–H and O–H groups in total. The molecule has 0 radical (unpaired) electrons. The molecule has 0 unspecified atom stereocenters. The smallest absolute Gasteiger partial charge is 0.394 e. The first-order valence-corrected chi connectivity index (χ1v) is 5.01. The fraction of sp³-hybridized carbons (Fsp3) is 0.800. The van der Waals surface area contributed by atoms with Crippen molar-refractivity contribution in [3.8, 4) is 0 Å². The quantitative estimate of drug-likeness (QED) is 0.246. The summed E-state index contributed by atoms with van der Waals surface area (Å²) in [4.78, 5) is 26.8. The molecule has 84 valence electrons. The van der Waals surface area contributed by atoms with Gasteiger partial charge in [0.25, 0.3) is 0 Å². The van der Waals surface area contributed by atoms with Crippen molar-refractivity contribution in [3.63, 3.8) is 0 Å². The largest absolute Gasteiger partial charge is 0.470 e. The van der Waals surface area contributed by atoms with E-state index in [4.69, 9.17) is 25.1 Å². The fourth-order valence-electron chi connectivity index (χ4n) is 0.653. The average Bonchev–Trinajstić information content (AvgIpc) is 2.10. The highest BCUT2D eigenvalue weighted by Gasteiger charge is 2.32. The molecule has 0 fully saturated rings. The molecular formula is C5H11O8P. The van der Waals surface area contributed by atoms with E-state index in [1.807, 2.05) is 0 Å². The first-order chi connectivity index (χ1) is 6.31. The summed E-state index contributed by atoms with van der Waals surface area (Å²) in [5.41, 5.74) is 0. The number of rotatable bonds is 6. The second kappa shape index (κ2) is 5.52. The molecule has 0 heterocycles. The Kier molecular flexibility index (Phi) is 5.38. The Balaban J connectivity index is 4.41. The number of phosphoric ester groups is 1. The summed E-state index contributed by atoms with van der Waals surface area (Å²) in [6.45, 7) is -0.865. The number of aliphatic hydroxyl groups excluding tert-OH is 3. The van der Waals surface area contributed by atoms with Gasteiger partial charge >= 0.3 is 7.82 Å². The van der Waals surface area contributed by atoms with Gasteiger partial charge in [-0.1, -0.05) is 0 Å². The maximum Gasteiger partial charge on any atom is 0.470 e. The van der Waals surface area contributed by atoms with Crippen LogP contribution < -0.4 is 0 Å². The fourth-order valence-corrected chi connectivity index (χ4v) is 1.14. The minimum atomic E-state index is -4.93. The van der Waals surface area contributed by atoms with Gasteiger partial charge in [-0.25, -0.2) is 4.57 Å². The standard InChI is InChI=1S/C5H11O8P/c6-1-3(8)5(9)4(2-7)13-14(10,11)12/h2-6,8-9H,1H2,(H2,10,11,12)/t3-,4+,5+/m1/s1. The third-order valence-corrected chi connectivity index (χ3v) is 1.83. The first-order valence-electron chi connectivity index (χ1n) is 3.48. The Morgan fingerprint density at radius 1 is 1.36 bits per heavy atom. The van der Waals surface area contributed by atoms with Gasteiger partial charge in [-0.2, -0.15) is 0 Å². The predicted octanol–water partition coefficient (Wildman–Crippen LogP) is -2.62. The minimum absolute atomic E-state index is 0.0807. The van der Waals surface area contributed by atoms with Crippen LogP contribution in [-0.2, 0) is 13.9 Å². The summed E-state index contributed by atoms with van der Waals surface area (Å²) in [5, 5.41) is 26.2. The highest BCUT2D eigenvalue weighted by molar-refractivity contribution is 7.46. The second-order valence-corrected chi connectivity index (χ2v) is 3.63. The van der Waals surface area contributed by atoms with Crippen molar-refractivity contribution in [1.82, 2.24) is 0 Å². The van der Waals surface area contributed by atoms with E-state index < -0.39 is 32.7 Å². The summed E-state index contributed by atoms with van der Waals surface area (Å²) in [5.74, 6) is 0. The van der Waals surface area contributed by atoms with E-state index in [-0.39, 0.29) is 6.29 Å². The van der Waals surface area contributed by atoms with Gasteiger partial charge in [0, 0.05) is 0 Å². The molecule has 0 aliphatic rings. The molecule has 0 aromatic carbocycles. The number of phosphoric acid groups is 1. The van der Waals surface area contributed by atoms with E-state index in [2.05, 4.69) is 4.52 Å². The van der Waals surface area contributed by atoms with Gasteiger partial charge in [0.1, 0.15) is 12.2 Å². The number of carbonyl (C=O) groups excluding carboxylic acids is 1. The second-order valence-electron chi connectivity index (χ2n) is 2.44. The number of aldehydes is 1. The highest BCUT2D eigenvalue weighted by atomic mass is 31.2. The summed E-state index contributed by atoms with van der Waals surface area (Å²) < 4.78 is 14.1. The molecule has 9 heteroatoms. The van der Waals surface area contributed by atoms with Gasteiger partial charge in [-0.05, 0) is 0 Å². The van der Waals surface area contributed by atoms with Crippen LogP contribution in [0.1, 0.15) is 0 Å². The molecule has 0 spiro atoms. The van der Waals surface area contributed by atoms with Crippen LogP contribution in [0.3, 0.4) is 0 Å². The summed E-state index contributed by atoms with van der Waals surface area (Å²) >= 11 is 0. The molecule has 0 aliphatic heterocycles. The topological polar surface area (TPSA) is 145 Å². The van der Waals surface area contributed by atoms with Crippen molar-refractivity contribution < 1.29 is 39.0 Å². The van der Waals surface area contributed by atoms with Gasteiger partial charge in [0.05, 0.1) is 6.61 Å². The van der Waals surface area contributed by atoms with Crippen molar-refractivity contribution in [2.75, 3.05) is 6.61 Å². The lowest BCUT2D eigenvalue weighted by Gasteiger charge is -2.21. The third-order valence-electron chi connectivity index (χ3n) is 1.31. The maximum absolute atomic E-state index is 10.3. The van der Waals surface area contributed by atoms with Crippen LogP contribution >= 0.6 is 7.82 Å². The zero-order valence-corrected chi connectivity index (χ0v) is 7.82. The van der Waals surface area contributed by atoms with Crippen LogP contribution in [0.4, 0.5) is 0 Å². The number of hydrogen-bond donors (Lipinski definition) is 5. The van der Waals surface area contributed by atoms with Gasteiger partial charge < -0.3 is 29.9 Å². The van der Waals surface area contributed by atoms with Crippen molar-refractivity contribution >= 4 is 14.1 Å². The van der Waals surface area contributed by atoms with E-state index >= 15 is 0 Å². The van der Waals surface area contributed by atoms with Crippen molar-refractivity contribution in [3.05, 3.63) is 0 Å². The predicted molar refractivity (Wildman–Crippen MR) is 42.1 cm³/mol. The molecule has 0 bridgehead atoms. The van der Waals surface area contributed by atoms with Crippen molar-refractivity contribution in [1.29, 1.82) is 0 Å². The zero-order valence-electron chi connectivity index (χ0n) is 6.92. The highest BCUT2D eigenvalue weighted by Crippen LogP contribution is 2.37. The van der Waals surface area contributed by atoms with Crippen LogP contribution in [0.15, 0.2) is 0 Å². The lowest BCUT2D eigenvalue weighted by Crippen LogP contribution is -2.41. The molecule has 14 heavy (non-hydrogen) atoms. The molecule has 0 amide bonds. The molecule has 0 saturated carbocycles. The van der Waals surface area contributed by atoms with E-state index in [1.54, 1.807) is 0 Å². The van der Waals surface area contributed by atoms with Gasteiger partial charge in [-0.3, -0.25) is 4.52 Å². The molecule has 0 aromatic heterocycles. The van der Waals surface area contributed by atoms with Crippen LogP contribution in [-0.4, -0.2) is 56.3 Å². The summed E-state index contributed by atoms with van der Waals surface area (Å²) in [7, 11) is -4.93. The Bertz CT molecular complexity index is 224. The Morgan fingerprint density at radius 2 is 1.86 bits per heavy atom. The van der Waals surface area contributed by atoms with Gasteiger partial charge in [-0.15, -0.1) is 0 Å². The third kappa shape index (κ3) is 4.77. The van der Waals surface area contributed by atoms with E-state index in [1.165, 1.54) is 0 Å². The van der Waals surface area contributed by atoms with E-state index in [0.717, 1.165) is 0 Å². The molecular weight excluding hydrogens is 219 g/mol. The first kappa shape index (κ1) is 13.7. The van der Waals surface area contributed by atoms with Gasteiger partial charge in [0.15, 0.2) is 12.4 Å². The lowest BCUT2D eigenvalue weighted by molar-refractivity contribution is -0.126. The summed E-state index contributed by atoms with van der Waals surface area (Å²) in [6, 6.07) is 0. The monoisotopic (exact) mass is 230 g/mol. The minimum Gasteiger partial charge on any atom is -0.394 e. The van der Waals surface area contributed by atoms with Crippen LogP contribution in [0.25, 0.3) is 0 Å². The number of aliphatic hydroxyl groups is 3.